The van der Waals surface area contributed by atoms with Crippen LogP contribution in [0.15, 0.2) is 29.7 Å². The van der Waals surface area contributed by atoms with Crippen LogP contribution in [0, 0.1) is 0 Å². The lowest BCUT2D eigenvalue weighted by molar-refractivity contribution is 0.0786. The Balaban J connectivity index is 2.47. The fourth-order valence-electron chi connectivity index (χ4n) is 2.60. The van der Waals surface area contributed by atoms with Gasteiger partial charge in [0.1, 0.15) is 17.8 Å². The largest absolute Gasteiger partial charge is 0.465 e. The second-order valence-corrected chi connectivity index (χ2v) is 7.01. The van der Waals surface area contributed by atoms with Crippen molar-refractivity contribution in [2.75, 3.05) is 5.73 Å². The van der Waals surface area contributed by atoms with Gasteiger partial charge in [-0.25, -0.2) is 14.8 Å². The number of anilines is 1. The number of halogens is 1. The first-order valence-corrected chi connectivity index (χ1v) is 7.86. The van der Waals surface area contributed by atoms with Crippen molar-refractivity contribution in [3.8, 4) is 0 Å². The molecule has 0 bridgehead atoms. The summed E-state index contributed by atoms with van der Waals surface area (Å²) in [6.45, 7) is 9.71. The average molecular weight is 382 g/mol. The molecule has 0 aromatic carbocycles. The molecule has 0 saturated heterocycles. The Morgan fingerprint density at radius 3 is 2.74 bits per heavy atom. The number of hydrogen-bond donors (Lipinski definition) is 2. The minimum absolute atomic E-state index is 0.369. The molecule has 1 amide bonds. The van der Waals surface area contributed by atoms with Crippen molar-refractivity contribution in [3.63, 3.8) is 0 Å². The van der Waals surface area contributed by atoms with Crippen LogP contribution in [0.4, 0.5) is 10.6 Å². The topological polar surface area (TPSA) is 97.3 Å². The number of fused-ring (bicyclic) bond motifs is 1. The highest BCUT2D eigenvalue weighted by molar-refractivity contribution is 9.10. The molecular formula is C15H20BrN5O2. The van der Waals surface area contributed by atoms with E-state index < -0.39 is 17.7 Å². The van der Waals surface area contributed by atoms with E-state index in [9.17, 15) is 9.90 Å². The third-order valence-electron chi connectivity index (χ3n) is 3.57. The van der Waals surface area contributed by atoms with Gasteiger partial charge in [0, 0.05) is 12.1 Å². The average Bonchev–Trinajstić information content (AvgIpc) is 2.74. The number of aromatic nitrogens is 3. The monoisotopic (exact) mass is 381 g/mol. The standard InChI is InChI=1S/C15H20BrN5O2/c1-5-9(21(14(22)23)15(2,3)4)7-20-11(16)6-10-12(17)18-8-19-13(10)20/h5-6,8-9H,1,7H2,2-4H3,(H,22,23)(H2,17,18,19). The lowest BCUT2D eigenvalue weighted by Crippen LogP contribution is -2.51. The fourth-order valence-corrected chi connectivity index (χ4v) is 3.14. The van der Waals surface area contributed by atoms with E-state index in [1.165, 1.54) is 11.2 Å². The summed E-state index contributed by atoms with van der Waals surface area (Å²) in [4.78, 5) is 21.3. The van der Waals surface area contributed by atoms with E-state index in [-0.39, 0.29) is 0 Å². The van der Waals surface area contributed by atoms with Crippen LogP contribution in [-0.2, 0) is 6.54 Å². The zero-order valence-corrected chi connectivity index (χ0v) is 14.9. The molecule has 0 fully saturated rings. The van der Waals surface area contributed by atoms with E-state index in [1.54, 1.807) is 6.08 Å². The van der Waals surface area contributed by atoms with Crippen LogP contribution in [0.1, 0.15) is 20.8 Å². The zero-order chi connectivity index (χ0) is 17.4. The predicted molar refractivity (Wildman–Crippen MR) is 93.2 cm³/mol. The number of nitrogen functional groups attached to an aromatic ring is 1. The molecule has 124 valence electrons. The highest BCUT2D eigenvalue weighted by Gasteiger charge is 2.32. The van der Waals surface area contributed by atoms with Gasteiger partial charge in [0.15, 0.2) is 0 Å². The van der Waals surface area contributed by atoms with Crippen LogP contribution in [0.5, 0.6) is 0 Å². The van der Waals surface area contributed by atoms with E-state index in [0.29, 0.717) is 18.0 Å². The summed E-state index contributed by atoms with van der Waals surface area (Å²) in [6.07, 6.45) is 2.02. The maximum Gasteiger partial charge on any atom is 0.408 e. The van der Waals surface area contributed by atoms with Crippen molar-refractivity contribution in [1.29, 1.82) is 0 Å². The van der Waals surface area contributed by atoms with E-state index in [4.69, 9.17) is 5.73 Å². The van der Waals surface area contributed by atoms with Gasteiger partial charge in [-0.2, -0.15) is 0 Å². The van der Waals surface area contributed by atoms with Gasteiger partial charge in [-0.05, 0) is 42.8 Å². The van der Waals surface area contributed by atoms with Gasteiger partial charge in [0.25, 0.3) is 0 Å². The maximum absolute atomic E-state index is 11.7. The van der Waals surface area contributed by atoms with Gasteiger partial charge >= 0.3 is 6.09 Å². The van der Waals surface area contributed by atoms with Gasteiger partial charge in [-0.15, -0.1) is 6.58 Å². The molecule has 1 unspecified atom stereocenters. The Morgan fingerprint density at radius 2 is 2.22 bits per heavy atom. The van der Waals surface area contributed by atoms with E-state index in [0.717, 1.165) is 9.99 Å². The third kappa shape index (κ3) is 3.31. The molecule has 0 spiro atoms. The van der Waals surface area contributed by atoms with Crippen LogP contribution in [0.2, 0.25) is 0 Å². The van der Waals surface area contributed by atoms with Gasteiger partial charge in [-0.3, -0.25) is 4.90 Å². The molecule has 7 nitrogen and oxygen atoms in total. The second-order valence-electron chi connectivity index (χ2n) is 6.20. The van der Waals surface area contributed by atoms with Crippen LogP contribution in [-0.4, -0.2) is 42.2 Å². The van der Waals surface area contributed by atoms with Gasteiger partial charge < -0.3 is 15.4 Å². The molecule has 1 atom stereocenters. The van der Waals surface area contributed by atoms with E-state index in [1.807, 2.05) is 31.4 Å². The highest BCUT2D eigenvalue weighted by Crippen LogP contribution is 2.27. The molecular weight excluding hydrogens is 362 g/mol. The van der Waals surface area contributed by atoms with Crippen molar-refractivity contribution >= 4 is 38.9 Å². The highest BCUT2D eigenvalue weighted by atomic mass is 79.9. The minimum atomic E-state index is -0.996. The quantitative estimate of drug-likeness (QED) is 0.792. The molecule has 0 aliphatic rings. The Morgan fingerprint density at radius 1 is 1.57 bits per heavy atom. The number of carboxylic acid groups (broad SMARTS) is 1. The molecule has 2 aromatic heterocycles. The Labute approximate surface area is 142 Å². The lowest BCUT2D eigenvalue weighted by Gasteiger charge is -2.38. The normalized spacial score (nSPS) is 13.0. The smallest absolute Gasteiger partial charge is 0.408 e. The number of amides is 1. The number of nitrogens with two attached hydrogens (primary N) is 1. The van der Waals surface area contributed by atoms with E-state index >= 15 is 0 Å². The summed E-state index contributed by atoms with van der Waals surface area (Å²) in [6, 6.07) is 1.41. The van der Waals surface area contributed by atoms with Crippen molar-refractivity contribution in [2.24, 2.45) is 0 Å². The Kier molecular flexibility index (Phi) is 4.65. The van der Waals surface area contributed by atoms with Crippen molar-refractivity contribution in [1.82, 2.24) is 19.4 Å². The molecule has 2 heterocycles. The summed E-state index contributed by atoms with van der Waals surface area (Å²) in [7, 11) is 0. The molecule has 3 N–H and O–H groups in total. The Hall–Kier alpha value is -2.09. The fraction of sp³-hybridized carbons (Fsp3) is 0.400. The zero-order valence-electron chi connectivity index (χ0n) is 13.3. The first-order valence-electron chi connectivity index (χ1n) is 7.07. The van der Waals surface area contributed by atoms with Gasteiger partial charge in [0.2, 0.25) is 0 Å². The molecule has 0 aliphatic heterocycles. The van der Waals surface area contributed by atoms with Gasteiger partial charge in [-0.1, -0.05) is 6.08 Å². The maximum atomic E-state index is 11.7. The van der Waals surface area contributed by atoms with Crippen LogP contribution >= 0.6 is 15.9 Å². The minimum Gasteiger partial charge on any atom is -0.465 e. The summed E-state index contributed by atoms with van der Waals surface area (Å²) < 4.78 is 2.62. The first-order chi connectivity index (χ1) is 10.7. The summed E-state index contributed by atoms with van der Waals surface area (Å²) in [5.41, 5.74) is 5.96. The summed E-state index contributed by atoms with van der Waals surface area (Å²) in [5, 5.41) is 10.3. The van der Waals surface area contributed by atoms with Crippen molar-refractivity contribution < 1.29 is 9.90 Å². The third-order valence-corrected chi connectivity index (χ3v) is 4.23. The molecule has 0 saturated carbocycles. The second kappa shape index (κ2) is 6.19. The number of rotatable bonds is 4. The molecule has 2 aromatic rings. The SMILES string of the molecule is C=CC(Cn1c(Br)cc2c(N)ncnc21)N(C(=O)O)C(C)(C)C. The number of hydrogen-bond acceptors (Lipinski definition) is 4. The lowest BCUT2D eigenvalue weighted by atomic mass is 10.0. The molecule has 0 radical (unpaired) electrons. The molecule has 0 aliphatic carbocycles. The molecule has 2 rings (SSSR count). The van der Waals surface area contributed by atoms with Crippen molar-refractivity contribution in [2.45, 2.75) is 38.9 Å². The van der Waals surface area contributed by atoms with Crippen molar-refractivity contribution in [3.05, 3.63) is 29.7 Å². The van der Waals surface area contributed by atoms with Crippen LogP contribution < -0.4 is 5.73 Å². The Bertz CT molecular complexity index is 750. The molecule has 8 heteroatoms. The van der Waals surface area contributed by atoms with Gasteiger partial charge in [0.05, 0.1) is 16.0 Å². The summed E-state index contributed by atoms with van der Waals surface area (Å²) >= 11 is 3.48. The van der Waals surface area contributed by atoms with Crippen LogP contribution in [0.25, 0.3) is 11.0 Å². The number of carbonyl (C=O) groups is 1. The predicted octanol–water partition coefficient (Wildman–Crippen LogP) is 3.11. The van der Waals surface area contributed by atoms with E-state index in [2.05, 4.69) is 32.5 Å². The number of nitrogens with zero attached hydrogens (tertiary/aromatic N) is 4. The summed E-state index contributed by atoms with van der Waals surface area (Å²) in [5.74, 6) is 0.385. The first kappa shape index (κ1) is 17.3. The molecule has 23 heavy (non-hydrogen) atoms. The van der Waals surface area contributed by atoms with Crippen LogP contribution in [0.3, 0.4) is 0 Å².